The Morgan fingerprint density at radius 2 is 1.43 bits per heavy atom. The molecule has 7 aromatic rings. The average Bonchev–Trinajstić information content (AvgIpc) is 3.62. The highest BCUT2D eigenvalue weighted by atomic mass is 16.3. The minimum absolute atomic E-state index is 0.0333. The first-order chi connectivity index (χ1) is 22.1. The second kappa shape index (κ2) is 11.0. The molecule has 4 nitrogen and oxygen atoms in total. The molecule has 0 aliphatic rings. The summed E-state index contributed by atoms with van der Waals surface area (Å²) < 4.78 is 9.07. The third kappa shape index (κ3) is 4.79. The molecule has 4 heteroatoms. The summed E-state index contributed by atoms with van der Waals surface area (Å²) in [5, 5.41) is 12.0. The van der Waals surface area contributed by atoms with Crippen LogP contribution < -0.4 is 0 Å². The molecule has 228 valence electrons. The first-order valence-electron chi connectivity index (χ1n) is 16.2. The Bertz CT molecular complexity index is 2270. The van der Waals surface area contributed by atoms with E-state index in [4.69, 9.17) is 9.40 Å². The van der Waals surface area contributed by atoms with Crippen molar-refractivity contribution in [1.29, 1.82) is 5.26 Å². The van der Waals surface area contributed by atoms with Crippen LogP contribution in [-0.4, -0.2) is 9.55 Å². The Kier molecular flexibility index (Phi) is 7.09. The largest absolute Gasteiger partial charge is 0.455 e. The van der Waals surface area contributed by atoms with Gasteiger partial charge < -0.3 is 4.42 Å². The molecule has 2 aromatic heterocycles. The standard InChI is InChI=1S/C42H39N3O/c1-25(2)33-21-29(27-13-9-8-10-14-27)22-34(26(3)4)39(33)45-36-16-12-11-15-35(36)44-41(45)32-19-17-28(24-43)38-31-20-18-30(42(5,6)7)23-37(31)46-40(32)38/h8-23,25-26H,1-7H3. The molecule has 0 atom stereocenters. The van der Waals surface area contributed by atoms with Gasteiger partial charge in [-0.05, 0) is 87.5 Å². The summed E-state index contributed by atoms with van der Waals surface area (Å²) >= 11 is 0. The molecule has 0 spiro atoms. The van der Waals surface area contributed by atoms with Crippen LogP contribution in [0.1, 0.15) is 82.6 Å². The zero-order valence-corrected chi connectivity index (χ0v) is 27.6. The van der Waals surface area contributed by atoms with Crippen molar-refractivity contribution in [2.75, 3.05) is 0 Å². The van der Waals surface area contributed by atoms with Crippen molar-refractivity contribution in [3.05, 3.63) is 119 Å². The number of hydrogen-bond acceptors (Lipinski definition) is 3. The molecule has 0 aliphatic carbocycles. The highest BCUT2D eigenvalue weighted by Crippen LogP contribution is 2.43. The highest BCUT2D eigenvalue weighted by molar-refractivity contribution is 6.12. The fourth-order valence-electron chi connectivity index (χ4n) is 6.66. The number of hydrogen-bond donors (Lipinski definition) is 0. The van der Waals surface area contributed by atoms with E-state index >= 15 is 0 Å². The topological polar surface area (TPSA) is 54.8 Å². The van der Waals surface area contributed by atoms with Crippen molar-refractivity contribution in [3.8, 4) is 34.3 Å². The average molecular weight is 602 g/mol. The number of rotatable bonds is 5. The molecule has 5 aromatic carbocycles. The van der Waals surface area contributed by atoms with Crippen LogP contribution in [0.4, 0.5) is 0 Å². The number of nitriles is 1. The lowest BCUT2D eigenvalue weighted by Gasteiger charge is -2.24. The number of fused-ring (bicyclic) bond motifs is 4. The third-order valence-corrected chi connectivity index (χ3v) is 9.15. The monoisotopic (exact) mass is 601 g/mol. The molecule has 0 amide bonds. The smallest absolute Gasteiger partial charge is 0.149 e. The summed E-state index contributed by atoms with van der Waals surface area (Å²) in [4.78, 5) is 5.29. The van der Waals surface area contributed by atoms with Gasteiger partial charge in [0.2, 0.25) is 0 Å². The summed E-state index contributed by atoms with van der Waals surface area (Å²) in [6.07, 6.45) is 0. The molecule has 0 radical (unpaired) electrons. The van der Waals surface area contributed by atoms with Crippen molar-refractivity contribution in [2.24, 2.45) is 0 Å². The fourth-order valence-corrected chi connectivity index (χ4v) is 6.66. The van der Waals surface area contributed by atoms with Gasteiger partial charge in [0, 0.05) is 10.8 Å². The van der Waals surface area contributed by atoms with Gasteiger partial charge in [0.05, 0.1) is 33.9 Å². The van der Waals surface area contributed by atoms with Gasteiger partial charge in [-0.25, -0.2) is 4.98 Å². The number of para-hydroxylation sites is 2. The van der Waals surface area contributed by atoms with Crippen LogP contribution in [0.2, 0.25) is 0 Å². The second-order valence-electron chi connectivity index (χ2n) is 14.0. The van der Waals surface area contributed by atoms with Crippen LogP contribution in [0.5, 0.6) is 0 Å². The lowest BCUT2D eigenvalue weighted by Crippen LogP contribution is -2.10. The molecular formula is C42H39N3O. The minimum atomic E-state index is -0.0333. The van der Waals surface area contributed by atoms with E-state index < -0.39 is 0 Å². The van der Waals surface area contributed by atoms with E-state index in [0.717, 1.165) is 44.5 Å². The van der Waals surface area contributed by atoms with E-state index in [-0.39, 0.29) is 17.3 Å². The number of furan rings is 1. The molecule has 0 unspecified atom stereocenters. The van der Waals surface area contributed by atoms with E-state index in [1.54, 1.807) is 0 Å². The Morgan fingerprint density at radius 1 is 0.761 bits per heavy atom. The predicted molar refractivity (Wildman–Crippen MR) is 191 cm³/mol. The SMILES string of the molecule is CC(C)c1cc(-c2ccccc2)cc(C(C)C)c1-n1c(-c2ccc(C#N)c3c2oc2cc(C(C)(C)C)ccc23)nc2ccccc21. The van der Waals surface area contributed by atoms with Gasteiger partial charge >= 0.3 is 0 Å². The van der Waals surface area contributed by atoms with Crippen LogP contribution >= 0.6 is 0 Å². The predicted octanol–water partition coefficient (Wildman–Crippen LogP) is 11.7. The highest BCUT2D eigenvalue weighted by Gasteiger charge is 2.26. The molecule has 0 saturated carbocycles. The maximum Gasteiger partial charge on any atom is 0.149 e. The van der Waals surface area contributed by atoms with Crippen LogP contribution in [0.25, 0.3) is 61.2 Å². The summed E-state index contributed by atoms with van der Waals surface area (Å²) in [5.74, 6) is 1.32. The zero-order chi connectivity index (χ0) is 32.3. The van der Waals surface area contributed by atoms with Crippen molar-refractivity contribution >= 4 is 33.0 Å². The van der Waals surface area contributed by atoms with Gasteiger partial charge in [-0.1, -0.05) is 103 Å². The van der Waals surface area contributed by atoms with Crippen LogP contribution in [0.15, 0.2) is 101 Å². The van der Waals surface area contributed by atoms with E-state index in [1.807, 2.05) is 18.2 Å². The van der Waals surface area contributed by atoms with Crippen LogP contribution in [0, 0.1) is 11.3 Å². The van der Waals surface area contributed by atoms with Gasteiger partial charge in [0.25, 0.3) is 0 Å². The summed E-state index contributed by atoms with van der Waals surface area (Å²) in [6.45, 7) is 15.7. The van der Waals surface area contributed by atoms with E-state index in [9.17, 15) is 5.26 Å². The van der Waals surface area contributed by atoms with E-state index in [1.165, 1.54) is 27.8 Å². The Balaban J connectivity index is 1.59. The molecule has 2 heterocycles. The molecule has 46 heavy (non-hydrogen) atoms. The molecule has 7 rings (SSSR count). The summed E-state index contributed by atoms with van der Waals surface area (Å²) in [7, 11) is 0. The van der Waals surface area contributed by atoms with Crippen molar-refractivity contribution < 1.29 is 4.42 Å². The zero-order valence-electron chi connectivity index (χ0n) is 27.6. The lowest BCUT2D eigenvalue weighted by molar-refractivity contribution is 0.587. The second-order valence-corrected chi connectivity index (χ2v) is 14.0. The van der Waals surface area contributed by atoms with Crippen LogP contribution in [0.3, 0.4) is 0 Å². The van der Waals surface area contributed by atoms with Crippen molar-refractivity contribution in [3.63, 3.8) is 0 Å². The maximum absolute atomic E-state index is 10.2. The Labute approximate surface area is 270 Å². The number of imidazole rings is 1. The first-order valence-corrected chi connectivity index (χ1v) is 16.2. The molecule has 0 aliphatic heterocycles. The molecule has 0 bridgehead atoms. The molecule has 0 saturated heterocycles. The van der Waals surface area contributed by atoms with Crippen molar-refractivity contribution in [2.45, 2.75) is 65.7 Å². The minimum Gasteiger partial charge on any atom is -0.455 e. The molecule has 0 N–H and O–H groups in total. The number of benzene rings is 5. The van der Waals surface area contributed by atoms with E-state index in [2.05, 4.69) is 138 Å². The summed E-state index contributed by atoms with van der Waals surface area (Å²) in [6, 6.07) is 36.4. The molecule has 0 fully saturated rings. The third-order valence-electron chi connectivity index (χ3n) is 9.15. The summed E-state index contributed by atoms with van der Waals surface area (Å²) in [5.41, 5.74) is 12.2. The van der Waals surface area contributed by atoms with Gasteiger partial charge in [-0.15, -0.1) is 0 Å². The Hall–Kier alpha value is -5.14. The van der Waals surface area contributed by atoms with E-state index in [0.29, 0.717) is 11.1 Å². The van der Waals surface area contributed by atoms with Crippen molar-refractivity contribution in [1.82, 2.24) is 9.55 Å². The first kappa shape index (κ1) is 29.6. The quantitative estimate of drug-likeness (QED) is 0.197. The lowest BCUT2D eigenvalue weighted by atomic mass is 9.86. The Morgan fingerprint density at radius 3 is 2.09 bits per heavy atom. The van der Waals surface area contributed by atoms with Gasteiger partial charge in [-0.3, -0.25) is 4.57 Å². The maximum atomic E-state index is 10.2. The number of nitrogens with zero attached hydrogens (tertiary/aromatic N) is 3. The van der Waals surface area contributed by atoms with Crippen LogP contribution in [-0.2, 0) is 5.41 Å². The van der Waals surface area contributed by atoms with Gasteiger partial charge in [0.1, 0.15) is 17.0 Å². The number of aromatic nitrogens is 2. The van der Waals surface area contributed by atoms with Gasteiger partial charge in [0.15, 0.2) is 0 Å². The fraction of sp³-hybridized carbons (Fsp3) is 0.238. The normalized spacial score (nSPS) is 12.2. The molecular weight excluding hydrogens is 562 g/mol. The van der Waals surface area contributed by atoms with Gasteiger partial charge in [-0.2, -0.15) is 5.26 Å².